The molecular formula is C22H29ClN3O11P. The molecule has 1 unspecified atom stereocenters. The minimum absolute atomic E-state index is 0.0324. The van der Waals surface area contributed by atoms with E-state index in [0.29, 0.717) is 0 Å². The number of H-pyrrole nitrogens is 1. The highest BCUT2D eigenvalue weighted by atomic mass is 35.5. The third-order valence-corrected chi connectivity index (χ3v) is 6.78. The summed E-state index contributed by atoms with van der Waals surface area (Å²) in [6.45, 7) is 5.68. The van der Waals surface area contributed by atoms with Gasteiger partial charge in [-0.2, -0.15) is 0 Å². The first kappa shape index (κ1) is 29.8. The number of para-hydroxylation sites is 2. The number of rotatable bonds is 11. The van der Waals surface area contributed by atoms with Crippen LogP contribution in [0.15, 0.2) is 46.1 Å². The molecule has 1 aromatic carbocycles. The van der Waals surface area contributed by atoms with Crippen LogP contribution < -0.4 is 26.0 Å². The fraction of sp³-hybridized carbons (Fsp3) is 0.500. The zero-order valence-electron chi connectivity index (χ0n) is 20.9. The molecular weight excluding hydrogens is 549 g/mol. The highest BCUT2D eigenvalue weighted by Gasteiger charge is 2.54. The Hall–Kier alpha value is -2.71. The van der Waals surface area contributed by atoms with Gasteiger partial charge in [0.1, 0.15) is 29.7 Å². The molecule has 1 aliphatic heterocycles. The standard InChI is InChI=1S/C22H29ClN3O11P/c1-12(2)34-19(29)13(3)25-38(31,32)37-36-15-8-6-5-7-14(15)33-11-16-18(28)22(4,23)20(35-16)26-17(27)9-10-24-21(26)30/h5-10,12-13,16,18,20,28H,11H2,1-4H3,(H,24,30)(H2,25,31,32)/t13-,16-,18-,20-,22-/m1/s1. The second-order valence-electron chi connectivity index (χ2n) is 8.89. The molecule has 0 radical (unpaired) electrons. The summed E-state index contributed by atoms with van der Waals surface area (Å²) >= 11 is 6.48. The Balaban J connectivity index is 1.66. The Kier molecular flexibility index (Phi) is 9.42. The van der Waals surface area contributed by atoms with Crippen molar-refractivity contribution >= 4 is 25.3 Å². The summed E-state index contributed by atoms with van der Waals surface area (Å²) in [4.78, 5) is 52.1. The molecule has 14 nitrogen and oxygen atoms in total. The average Bonchev–Trinajstić information content (AvgIpc) is 3.04. The second-order valence-corrected chi connectivity index (χ2v) is 11.1. The molecule has 1 fully saturated rings. The van der Waals surface area contributed by atoms with E-state index in [1.54, 1.807) is 19.9 Å². The van der Waals surface area contributed by atoms with Crippen molar-refractivity contribution in [2.45, 2.75) is 63.2 Å². The van der Waals surface area contributed by atoms with Crippen molar-refractivity contribution in [3.05, 3.63) is 57.4 Å². The Bertz CT molecular complexity index is 1270. The van der Waals surface area contributed by atoms with Crippen LogP contribution >= 0.6 is 19.3 Å². The lowest BCUT2D eigenvalue weighted by molar-refractivity contribution is -0.149. The topological polar surface area (TPSA) is 188 Å². The van der Waals surface area contributed by atoms with Gasteiger partial charge in [0.25, 0.3) is 5.56 Å². The van der Waals surface area contributed by atoms with Gasteiger partial charge in [0.2, 0.25) is 5.75 Å². The number of nitrogens with one attached hydrogen (secondary N) is 2. The maximum Gasteiger partial charge on any atom is 0.440 e. The number of hydrogen-bond acceptors (Lipinski definition) is 10. The molecule has 0 spiro atoms. The SMILES string of the molecule is CC(C)OC(=O)[C@@H](C)NP(=O)(O)OOc1ccccc1OC[C@H]1O[C@@H](n2c(=O)cc[nH]c2=O)[C@](C)(Cl)[C@@H]1O. The second kappa shape index (κ2) is 12.0. The predicted molar refractivity (Wildman–Crippen MR) is 133 cm³/mol. The van der Waals surface area contributed by atoms with Gasteiger partial charge in [-0.25, -0.2) is 19.0 Å². The normalized spacial score (nSPS) is 25.5. The molecule has 1 aliphatic rings. The molecule has 0 saturated carbocycles. The Morgan fingerprint density at radius 3 is 2.55 bits per heavy atom. The van der Waals surface area contributed by atoms with Gasteiger partial charge in [0.05, 0.1) is 6.10 Å². The van der Waals surface area contributed by atoms with Gasteiger partial charge in [-0.3, -0.25) is 9.59 Å². The quantitative estimate of drug-likeness (QED) is 0.0984. The molecule has 38 heavy (non-hydrogen) atoms. The van der Waals surface area contributed by atoms with Crippen molar-refractivity contribution in [3.8, 4) is 11.5 Å². The minimum Gasteiger partial charge on any atom is -0.487 e. The van der Waals surface area contributed by atoms with Gasteiger partial charge in [-0.1, -0.05) is 16.8 Å². The number of aliphatic hydroxyl groups is 1. The van der Waals surface area contributed by atoms with Crippen molar-refractivity contribution in [2.24, 2.45) is 0 Å². The van der Waals surface area contributed by atoms with Crippen LogP contribution in [0.3, 0.4) is 0 Å². The van der Waals surface area contributed by atoms with E-state index in [1.807, 2.05) is 0 Å². The monoisotopic (exact) mass is 577 g/mol. The predicted octanol–water partition coefficient (Wildman–Crippen LogP) is 1.21. The van der Waals surface area contributed by atoms with Crippen molar-refractivity contribution in [1.29, 1.82) is 0 Å². The van der Waals surface area contributed by atoms with Crippen LogP contribution in [-0.2, 0) is 23.5 Å². The van der Waals surface area contributed by atoms with Gasteiger partial charge < -0.3 is 34.1 Å². The Morgan fingerprint density at radius 2 is 1.92 bits per heavy atom. The first-order valence-corrected chi connectivity index (χ1v) is 13.4. The van der Waals surface area contributed by atoms with Crippen molar-refractivity contribution in [1.82, 2.24) is 14.6 Å². The molecule has 0 amide bonds. The number of esters is 1. The lowest BCUT2D eigenvalue weighted by Crippen LogP contribution is -2.46. The van der Waals surface area contributed by atoms with Gasteiger partial charge in [0, 0.05) is 12.3 Å². The van der Waals surface area contributed by atoms with E-state index in [0.717, 1.165) is 10.6 Å². The number of halogens is 1. The molecule has 0 aliphatic carbocycles. The highest BCUT2D eigenvalue weighted by molar-refractivity contribution is 7.50. The lowest BCUT2D eigenvalue weighted by atomic mass is 10.0. The molecule has 1 saturated heterocycles. The van der Waals surface area contributed by atoms with E-state index < -0.39 is 60.4 Å². The summed E-state index contributed by atoms with van der Waals surface area (Å²) in [6, 6.07) is 5.87. The maximum absolute atomic E-state index is 12.3. The number of nitrogens with zero attached hydrogens (tertiary/aromatic N) is 1. The summed E-state index contributed by atoms with van der Waals surface area (Å²) in [5, 5.41) is 12.8. The zero-order valence-corrected chi connectivity index (χ0v) is 22.5. The number of hydrogen-bond donors (Lipinski definition) is 4. The molecule has 2 heterocycles. The molecule has 16 heteroatoms. The van der Waals surface area contributed by atoms with Gasteiger partial charge in [-0.05, 0) is 39.8 Å². The highest BCUT2D eigenvalue weighted by Crippen LogP contribution is 2.43. The first-order chi connectivity index (χ1) is 17.7. The molecule has 4 N–H and O–H groups in total. The van der Waals surface area contributed by atoms with E-state index in [2.05, 4.69) is 14.7 Å². The van der Waals surface area contributed by atoms with E-state index in [-0.39, 0.29) is 18.1 Å². The van der Waals surface area contributed by atoms with Crippen LogP contribution in [0.1, 0.15) is 33.9 Å². The van der Waals surface area contributed by atoms with Gasteiger partial charge in [-0.15, -0.1) is 11.6 Å². The maximum atomic E-state index is 12.3. The summed E-state index contributed by atoms with van der Waals surface area (Å²) in [5.41, 5.74) is -1.45. The third kappa shape index (κ3) is 7.03. The number of aliphatic hydroxyl groups excluding tert-OH is 1. The number of carbonyl (C=O) groups is 1. The van der Waals surface area contributed by atoms with Crippen LogP contribution in [-0.4, -0.2) is 61.4 Å². The molecule has 6 atom stereocenters. The van der Waals surface area contributed by atoms with E-state index in [9.17, 15) is 28.9 Å². The number of benzene rings is 1. The number of ether oxygens (including phenoxy) is 3. The molecule has 210 valence electrons. The Morgan fingerprint density at radius 1 is 1.26 bits per heavy atom. The van der Waals surface area contributed by atoms with Crippen LogP contribution in [0.2, 0.25) is 0 Å². The number of aromatic amines is 1. The van der Waals surface area contributed by atoms with Crippen molar-refractivity contribution in [3.63, 3.8) is 0 Å². The lowest BCUT2D eigenvalue weighted by Gasteiger charge is -2.25. The molecule has 0 bridgehead atoms. The molecule has 1 aromatic heterocycles. The van der Waals surface area contributed by atoms with Gasteiger partial charge >= 0.3 is 19.4 Å². The molecule has 3 rings (SSSR count). The van der Waals surface area contributed by atoms with E-state index >= 15 is 0 Å². The van der Waals surface area contributed by atoms with E-state index in [1.165, 1.54) is 38.2 Å². The smallest absolute Gasteiger partial charge is 0.440 e. The van der Waals surface area contributed by atoms with Crippen LogP contribution in [0.4, 0.5) is 0 Å². The van der Waals surface area contributed by atoms with Crippen molar-refractivity contribution < 1.29 is 43.1 Å². The number of alkyl halides is 1. The fourth-order valence-electron chi connectivity index (χ4n) is 3.54. The average molecular weight is 578 g/mol. The third-order valence-electron chi connectivity index (χ3n) is 5.38. The van der Waals surface area contributed by atoms with Crippen LogP contribution in [0, 0.1) is 0 Å². The molecule has 2 aromatic rings. The van der Waals surface area contributed by atoms with Gasteiger partial charge in [0.15, 0.2) is 12.0 Å². The fourth-order valence-corrected chi connectivity index (χ4v) is 4.65. The zero-order chi connectivity index (χ0) is 28.3. The van der Waals surface area contributed by atoms with E-state index in [4.69, 9.17) is 30.7 Å². The Labute approximate surface area is 221 Å². The van der Waals surface area contributed by atoms with Crippen molar-refractivity contribution in [2.75, 3.05) is 6.61 Å². The number of carbonyl (C=O) groups excluding carboxylic acids is 1. The summed E-state index contributed by atoms with van der Waals surface area (Å²) < 4.78 is 34.1. The summed E-state index contributed by atoms with van der Waals surface area (Å²) in [6.07, 6.45) is -3.00. The first-order valence-electron chi connectivity index (χ1n) is 11.4. The summed E-state index contributed by atoms with van der Waals surface area (Å²) in [7, 11) is -4.63. The minimum atomic E-state index is -4.63. The van der Waals surface area contributed by atoms with Crippen LogP contribution in [0.5, 0.6) is 11.5 Å². The summed E-state index contributed by atoms with van der Waals surface area (Å²) in [5.74, 6) is -0.847. The van der Waals surface area contributed by atoms with Crippen LogP contribution in [0.25, 0.3) is 0 Å². The largest absolute Gasteiger partial charge is 0.487 e. The number of aromatic nitrogens is 2.